The van der Waals surface area contributed by atoms with E-state index in [1.165, 1.54) is 6.07 Å². The molecule has 0 unspecified atom stereocenters. The summed E-state index contributed by atoms with van der Waals surface area (Å²) in [5.41, 5.74) is 0.540. The van der Waals surface area contributed by atoms with Crippen LogP contribution in [0.4, 0.5) is 4.39 Å². The van der Waals surface area contributed by atoms with Gasteiger partial charge in [0.2, 0.25) is 0 Å². The summed E-state index contributed by atoms with van der Waals surface area (Å²) in [6.45, 7) is 0.490. The summed E-state index contributed by atoms with van der Waals surface area (Å²) < 4.78 is 13.7. The predicted molar refractivity (Wildman–Crippen MR) is 70.1 cm³/mol. The van der Waals surface area contributed by atoms with E-state index in [2.05, 4.69) is 4.90 Å². The van der Waals surface area contributed by atoms with Gasteiger partial charge in [-0.05, 0) is 32.0 Å². The van der Waals surface area contributed by atoms with Crippen molar-refractivity contribution >= 4 is 17.4 Å². The van der Waals surface area contributed by atoms with Gasteiger partial charge in [-0.2, -0.15) is 0 Å². The first-order chi connectivity index (χ1) is 8.58. The zero-order valence-corrected chi connectivity index (χ0v) is 11.2. The fourth-order valence-electron chi connectivity index (χ4n) is 2.43. The van der Waals surface area contributed by atoms with Crippen molar-refractivity contribution in [3.05, 3.63) is 34.6 Å². The Morgan fingerprint density at radius 3 is 2.67 bits per heavy atom. The second-order valence-electron chi connectivity index (χ2n) is 4.89. The van der Waals surface area contributed by atoms with Gasteiger partial charge in [-0.15, -0.1) is 0 Å². The highest BCUT2D eigenvalue weighted by Gasteiger charge is 2.23. The van der Waals surface area contributed by atoms with Crippen LogP contribution in [0.15, 0.2) is 18.2 Å². The lowest BCUT2D eigenvalue weighted by Gasteiger charge is -2.31. The van der Waals surface area contributed by atoms with Crippen LogP contribution in [0.25, 0.3) is 0 Å². The van der Waals surface area contributed by atoms with Crippen LogP contribution in [0.5, 0.6) is 0 Å². The van der Waals surface area contributed by atoms with Gasteiger partial charge >= 0.3 is 0 Å². The van der Waals surface area contributed by atoms with Crippen LogP contribution >= 0.6 is 11.6 Å². The highest BCUT2D eigenvalue weighted by atomic mass is 35.5. The van der Waals surface area contributed by atoms with Crippen molar-refractivity contribution in [1.29, 1.82) is 0 Å². The Bertz CT molecular complexity index is 419. The second-order valence-corrected chi connectivity index (χ2v) is 5.29. The van der Waals surface area contributed by atoms with E-state index in [0.29, 0.717) is 41.8 Å². The maximum Gasteiger partial charge on any atom is 0.133 e. The molecule has 1 aromatic carbocycles. The fraction of sp³-hybridized carbons (Fsp3) is 0.500. The van der Waals surface area contributed by atoms with Gasteiger partial charge in [-0.3, -0.25) is 9.69 Å². The molecule has 0 atom stereocenters. The number of halogens is 2. The predicted octanol–water partition coefficient (Wildman–Crippen LogP) is 3.42. The monoisotopic (exact) mass is 269 g/mol. The molecule has 0 spiro atoms. The SMILES string of the molecule is CN(Cc1c(F)cccc1Cl)C1CCC(=O)CC1. The van der Waals surface area contributed by atoms with Crippen LogP contribution in [0.1, 0.15) is 31.2 Å². The molecule has 2 nitrogen and oxygen atoms in total. The first kappa shape index (κ1) is 13.5. The van der Waals surface area contributed by atoms with Crippen molar-refractivity contribution in [1.82, 2.24) is 4.90 Å². The Morgan fingerprint density at radius 1 is 1.39 bits per heavy atom. The molecule has 4 heteroatoms. The third-order valence-electron chi connectivity index (χ3n) is 3.61. The van der Waals surface area contributed by atoms with E-state index in [0.717, 1.165) is 12.8 Å². The molecule has 0 aliphatic heterocycles. The quantitative estimate of drug-likeness (QED) is 0.838. The van der Waals surface area contributed by atoms with Crippen molar-refractivity contribution in [2.45, 2.75) is 38.3 Å². The minimum absolute atomic E-state index is 0.263. The molecule has 0 saturated heterocycles. The third-order valence-corrected chi connectivity index (χ3v) is 3.96. The Morgan fingerprint density at radius 2 is 2.06 bits per heavy atom. The number of Topliss-reactive ketones (excluding diaryl/α,β-unsaturated/α-hetero) is 1. The lowest BCUT2D eigenvalue weighted by Crippen LogP contribution is -2.35. The fourth-order valence-corrected chi connectivity index (χ4v) is 2.65. The first-order valence-corrected chi connectivity index (χ1v) is 6.60. The van der Waals surface area contributed by atoms with Crippen LogP contribution in [-0.2, 0) is 11.3 Å². The molecule has 1 aliphatic carbocycles. The summed E-state index contributed by atoms with van der Waals surface area (Å²) >= 11 is 6.01. The average Bonchev–Trinajstić information content (AvgIpc) is 2.34. The molecule has 98 valence electrons. The van der Waals surface area contributed by atoms with Crippen LogP contribution in [0, 0.1) is 5.82 Å². The Kier molecular flexibility index (Phi) is 4.36. The molecule has 0 aromatic heterocycles. The van der Waals surface area contributed by atoms with Crippen molar-refractivity contribution in [3.8, 4) is 0 Å². The van der Waals surface area contributed by atoms with Crippen molar-refractivity contribution in [2.75, 3.05) is 7.05 Å². The Labute approximate surface area is 112 Å². The van der Waals surface area contributed by atoms with Gasteiger partial charge in [0.15, 0.2) is 0 Å². The molecule has 0 radical (unpaired) electrons. The minimum Gasteiger partial charge on any atom is -0.300 e. The lowest BCUT2D eigenvalue weighted by atomic mass is 9.93. The normalized spacial score (nSPS) is 17.4. The van der Waals surface area contributed by atoms with Gasteiger partial charge in [-0.1, -0.05) is 17.7 Å². The number of carbonyl (C=O) groups is 1. The van der Waals surface area contributed by atoms with Gasteiger partial charge in [0.1, 0.15) is 11.6 Å². The molecular weight excluding hydrogens is 253 g/mol. The molecule has 1 fully saturated rings. The second kappa shape index (κ2) is 5.81. The Hall–Kier alpha value is -0.930. The zero-order chi connectivity index (χ0) is 13.1. The van der Waals surface area contributed by atoms with Crippen LogP contribution in [0.3, 0.4) is 0 Å². The van der Waals surface area contributed by atoms with E-state index in [-0.39, 0.29) is 5.82 Å². The van der Waals surface area contributed by atoms with Gasteiger partial charge in [0, 0.05) is 36.0 Å². The summed E-state index contributed by atoms with van der Waals surface area (Å²) in [4.78, 5) is 13.3. The van der Waals surface area contributed by atoms with E-state index in [1.807, 2.05) is 7.05 Å². The summed E-state index contributed by atoms with van der Waals surface area (Å²) in [5.74, 6) is 0.0739. The van der Waals surface area contributed by atoms with Crippen molar-refractivity contribution < 1.29 is 9.18 Å². The highest BCUT2D eigenvalue weighted by Crippen LogP contribution is 2.25. The summed E-state index contributed by atoms with van der Waals surface area (Å²) in [7, 11) is 1.96. The van der Waals surface area contributed by atoms with Gasteiger partial charge in [-0.25, -0.2) is 4.39 Å². The summed E-state index contributed by atoms with van der Waals surface area (Å²) in [6, 6.07) is 5.09. The number of hydrogen-bond donors (Lipinski definition) is 0. The van der Waals surface area contributed by atoms with E-state index >= 15 is 0 Å². The molecule has 0 N–H and O–H groups in total. The number of nitrogens with zero attached hydrogens (tertiary/aromatic N) is 1. The first-order valence-electron chi connectivity index (χ1n) is 6.22. The minimum atomic E-state index is -0.263. The van der Waals surface area contributed by atoms with Crippen molar-refractivity contribution in [2.24, 2.45) is 0 Å². The van der Waals surface area contributed by atoms with Crippen LogP contribution < -0.4 is 0 Å². The maximum atomic E-state index is 13.7. The number of carbonyl (C=O) groups excluding carboxylic acids is 1. The smallest absolute Gasteiger partial charge is 0.133 e. The van der Waals surface area contributed by atoms with Crippen LogP contribution in [0.2, 0.25) is 5.02 Å². The molecule has 2 rings (SSSR count). The number of ketones is 1. The number of rotatable bonds is 3. The molecular formula is C14H17ClFNO. The molecule has 1 aliphatic rings. The number of hydrogen-bond acceptors (Lipinski definition) is 2. The van der Waals surface area contributed by atoms with Crippen molar-refractivity contribution in [3.63, 3.8) is 0 Å². The number of benzene rings is 1. The van der Waals surface area contributed by atoms with E-state index in [4.69, 9.17) is 11.6 Å². The van der Waals surface area contributed by atoms with Gasteiger partial charge in [0.25, 0.3) is 0 Å². The third kappa shape index (κ3) is 3.09. The zero-order valence-electron chi connectivity index (χ0n) is 10.5. The maximum absolute atomic E-state index is 13.7. The van der Waals surface area contributed by atoms with Gasteiger partial charge < -0.3 is 0 Å². The summed E-state index contributed by atoms with van der Waals surface area (Å²) in [5, 5.41) is 0.466. The molecule has 0 bridgehead atoms. The summed E-state index contributed by atoms with van der Waals surface area (Å²) in [6.07, 6.45) is 3.00. The molecule has 0 amide bonds. The van der Waals surface area contributed by atoms with E-state index in [9.17, 15) is 9.18 Å². The lowest BCUT2D eigenvalue weighted by molar-refractivity contribution is -0.121. The Balaban J connectivity index is 2.02. The molecule has 1 saturated carbocycles. The average molecular weight is 270 g/mol. The topological polar surface area (TPSA) is 20.3 Å². The molecule has 0 heterocycles. The molecule has 18 heavy (non-hydrogen) atoms. The van der Waals surface area contributed by atoms with Gasteiger partial charge in [0.05, 0.1) is 0 Å². The molecule has 1 aromatic rings. The van der Waals surface area contributed by atoms with E-state index in [1.54, 1.807) is 12.1 Å². The van der Waals surface area contributed by atoms with E-state index < -0.39 is 0 Å². The standard InChI is InChI=1S/C14H17ClFNO/c1-17(10-5-7-11(18)8-6-10)9-12-13(15)3-2-4-14(12)16/h2-4,10H,5-9H2,1H3. The largest absolute Gasteiger partial charge is 0.300 e. The van der Waals surface area contributed by atoms with Crippen LogP contribution in [-0.4, -0.2) is 23.8 Å². The highest BCUT2D eigenvalue weighted by molar-refractivity contribution is 6.31.